The van der Waals surface area contributed by atoms with Gasteiger partial charge in [0.2, 0.25) is 12.1 Å². The zero-order chi connectivity index (χ0) is 15.8. The van der Waals surface area contributed by atoms with Crippen molar-refractivity contribution in [2.45, 2.75) is 26.8 Å². The molecule has 0 aliphatic heterocycles. The molecule has 0 fully saturated rings. The van der Waals surface area contributed by atoms with Crippen LogP contribution in [0.1, 0.15) is 40.1 Å². The first-order valence-electron chi connectivity index (χ1n) is 6.63. The monoisotopic (exact) mass is 298 g/mol. The van der Waals surface area contributed by atoms with E-state index in [1.807, 2.05) is 0 Å². The first-order chi connectivity index (χ1) is 10.1. The van der Waals surface area contributed by atoms with Gasteiger partial charge >= 0.3 is 5.97 Å². The van der Waals surface area contributed by atoms with E-state index in [-0.39, 0.29) is 16.7 Å². The predicted molar refractivity (Wildman–Crippen MR) is 74.0 cm³/mol. The maximum atomic E-state index is 13.0. The molecule has 0 heterocycles. The summed E-state index contributed by atoms with van der Waals surface area (Å²) in [5.41, 5.74) is 0.419. The van der Waals surface area contributed by atoms with Crippen LogP contribution < -0.4 is 0 Å². The van der Waals surface area contributed by atoms with Gasteiger partial charge in [-0.3, -0.25) is 4.79 Å². The van der Waals surface area contributed by atoms with Crippen LogP contribution in [-0.2, 0) is 20.9 Å². The molecule has 1 aromatic rings. The molecule has 0 aliphatic carbocycles. The van der Waals surface area contributed by atoms with Crippen molar-refractivity contribution in [1.29, 1.82) is 0 Å². The van der Waals surface area contributed by atoms with Crippen molar-refractivity contribution >= 4 is 11.8 Å². The molecule has 0 aliphatic rings. The molecule has 6 heteroatoms. The molecule has 0 amide bonds. The Bertz CT molecular complexity index is 495. The van der Waals surface area contributed by atoms with E-state index in [1.54, 1.807) is 13.8 Å². The van der Waals surface area contributed by atoms with Gasteiger partial charge in [-0.1, -0.05) is 6.07 Å². The Morgan fingerprint density at radius 1 is 1.19 bits per heavy atom. The largest absolute Gasteiger partial charge is 0.465 e. The Morgan fingerprint density at radius 3 is 2.29 bits per heavy atom. The van der Waals surface area contributed by atoms with Crippen LogP contribution in [0.25, 0.3) is 0 Å². The number of ether oxygens (including phenoxy) is 3. The van der Waals surface area contributed by atoms with E-state index in [4.69, 9.17) is 9.47 Å². The predicted octanol–water partition coefficient (Wildman–Crippen LogP) is 2.52. The zero-order valence-electron chi connectivity index (χ0n) is 12.3. The van der Waals surface area contributed by atoms with E-state index in [9.17, 15) is 14.0 Å². The summed E-state index contributed by atoms with van der Waals surface area (Å²) < 4.78 is 28.0. The molecule has 0 radical (unpaired) electrons. The lowest BCUT2D eigenvalue weighted by atomic mass is 10.0. The van der Waals surface area contributed by atoms with Crippen LogP contribution in [0.15, 0.2) is 18.2 Å². The van der Waals surface area contributed by atoms with Gasteiger partial charge in [0.1, 0.15) is 6.67 Å². The van der Waals surface area contributed by atoms with Crippen LogP contribution in [-0.4, -0.2) is 38.4 Å². The molecular weight excluding hydrogens is 279 g/mol. The summed E-state index contributed by atoms with van der Waals surface area (Å²) in [5, 5.41) is 0. The third kappa shape index (κ3) is 4.34. The fourth-order valence-corrected chi connectivity index (χ4v) is 1.80. The van der Waals surface area contributed by atoms with Crippen molar-refractivity contribution in [1.82, 2.24) is 0 Å². The molecule has 1 aromatic carbocycles. The first-order valence-corrected chi connectivity index (χ1v) is 6.63. The minimum atomic E-state index is -1.03. The van der Waals surface area contributed by atoms with Crippen molar-refractivity contribution in [3.63, 3.8) is 0 Å². The lowest BCUT2D eigenvalue weighted by molar-refractivity contribution is -0.107. The second kappa shape index (κ2) is 8.49. The van der Waals surface area contributed by atoms with Gasteiger partial charge in [0.15, 0.2) is 0 Å². The van der Waals surface area contributed by atoms with E-state index >= 15 is 0 Å². The Labute approximate surface area is 123 Å². The van der Waals surface area contributed by atoms with Gasteiger partial charge in [0.05, 0.1) is 12.7 Å². The van der Waals surface area contributed by atoms with E-state index < -0.39 is 24.7 Å². The molecule has 0 saturated carbocycles. The Kier molecular flexibility index (Phi) is 6.98. The molecule has 0 bridgehead atoms. The number of benzene rings is 1. The van der Waals surface area contributed by atoms with Gasteiger partial charge in [0, 0.05) is 18.8 Å². The summed E-state index contributed by atoms with van der Waals surface area (Å²) in [5.74, 6) is -1.06. The van der Waals surface area contributed by atoms with Crippen LogP contribution in [0, 0.1) is 0 Å². The van der Waals surface area contributed by atoms with Crippen molar-refractivity contribution in [3.05, 3.63) is 34.9 Å². The molecule has 0 spiro atoms. The summed E-state index contributed by atoms with van der Waals surface area (Å²) in [6.45, 7) is 3.23. The van der Waals surface area contributed by atoms with Crippen molar-refractivity contribution in [2.75, 3.05) is 20.3 Å². The van der Waals surface area contributed by atoms with Crippen LogP contribution >= 0.6 is 0 Å². The highest BCUT2D eigenvalue weighted by Gasteiger charge is 2.22. The minimum Gasteiger partial charge on any atom is -0.465 e. The smallest absolute Gasteiger partial charge is 0.338 e. The normalized spacial score (nSPS) is 10.7. The zero-order valence-corrected chi connectivity index (χ0v) is 12.3. The number of hydrogen-bond acceptors (Lipinski definition) is 5. The number of hydrogen-bond donors (Lipinski definition) is 0. The number of carbonyl (C=O) groups is 2. The van der Waals surface area contributed by atoms with E-state index in [2.05, 4.69) is 4.74 Å². The van der Waals surface area contributed by atoms with E-state index in [1.165, 1.54) is 25.3 Å². The number of methoxy groups -OCH3 is 1. The van der Waals surface area contributed by atoms with Crippen LogP contribution in [0.4, 0.5) is 4.39 Å². The highest BCUT2D eigenvalue weighted by atomic mass is 19.1. The van der Waals surface area contributed by atoms with Crippen LogP contribution in [0.5, 0.6) is 0 Å². The van der Waals surface area contributed by atoms with Gasteiger partial charge in [-0.15, -0.1) is 0 Å². The Morgan fingerprint density at radius 2 is 1.81 bits per heavy atom. The van der Waals surface area contributed by atoms with Gasteiger partial charge in [-0.2, -0.15) is 0 Å². The minimum absolute atomic E-state index is 0.0967. The quantitative estimate of drug-likeness (QED) is 0.419. The molecule has 0 aromatic heterocycles. The van der Waals surface area contributed by atoms with Crippen molar-refractivity contribution in [2.24, 2.45) is 0 Å². The highest BCUT2D eigenvalue weighted by Crippen LogP contribution is 2.17. The molecule has 0 saturated heterocycles. The molecule has 0 N–H and O–H groups in total. The van der Waals surface area contributed by atoms with Crippen molar-refractivity contribution < 1.29 is 28.2 Å². The molecule has 5 nitrogen and oxygen atoms in total. The SMILES string of the molecule is CCOC(OCC)C(=O)c1ccc(C(=O)OC)c(CF)c1. The Hall–Kier alpha value is -1.79. The second-order valence-electron chi connectivity index (χ2n) is 4.10. The van der Waals surface area contributed by atoms with E-state index in [0.29, 0.717) is 13.2 Å². The average molecular weight is 298 g/mol. The summed E-state index contributed by atoms with van der Waals surface area (Å²) in [6.07, 6.45) is -1.03. The number of ketones is 1. The lowest BCUT2D eigenvalue weighted by Crippen LogP contribution is -2.28. The number of esters is 1. The number of carbonyl (C=O) groups excluding carboxylic acids is 2. The second-order valence-corrected chi connectivity index (χ2v) is 4.10. The molecule has 0 atom stereocenters. The molecular formula is C15H19FO5. The van der Waals surface area contributed by atoms with Gasteiger partial charge in [-0.05, 0) is 31.5 Å². The number of rotatable bonds is 8. The maximum absolute atomic E-state index is 13.0. The third-order valence-electron chi connectivity index (χ3n) is 2.79. The van der Waals surface area contributed by atoms with Crippen molar-refractivity contribution in [3.8, 4) is 0 Å². The number of Topliss-reactive ketones (excluding diaryl/α,β-unsaturated/α-hetero) is 1. The van der Waals surface area contributed by atoms with E-state index in [0.717, 1.165) is 0 Å². The summed E-state index contributed by atoms with van der Waals surface area (Å²) >= 11 is 0. The van der Waals surface area contributed by atoms with Gasteiger partial charge < -0.3 is 14.2 Å². The standard InChI is InChI=1S/C15H19FO5/c1-4-20-15(21-5-2)13(17)10-6-7-12(14(18)19-3)11(8-10)9-16/h6-8,15H,4-5,9H2,1-3H3. The molecule has 21 heavy (non-hydrogen) atoms. The third-order valence-corrected chi connectivity index (χ3v) is 2.79. The molecule has 0 unspecified atom stereocenters. The summed E-state index contributed by atoms with van der Waals surface area (Å²) in [4.78, 5) is 23.7. The Balaban J connectivity index is 3.07. The number of alkyl halides is 1. The van der Waals surface area contributed by atoms with Crippen LogP contribution in [0.3, 0.4) is 0 Å². The highest BCUT2D eigenvalue weighted by molar-refractivity contribution is 6.00. The lowest BCUT2D eigenvalue weighted by Gasteiger charge is -2.16. The average Bonchev–Trinajstić information content (AvgIpc) is 2.52. The van der Waals surface area contributed by atoms with Gasteiger partial charge in [0.25, 0.3) is 0 Å². The molecule has 116 valence electrons. The fraction of sp³-hybridized carbons (Fsp3) is 0.467. The number of halogens is 1. The summed E-state index contributed by atoms with van der Waals surface area (Å²) in [6, 6.07) is 4.11. The fourth-order valence-electron chi connectivity index (χ4n) is 1.80. The van der Waals surface area contributed by atoms with Crippen LogP contribution in [0.2, 0.25) is 0 Å². The molecule has 1 rings (SSSR count). The maximum Gasteiger partial charge on any atom is 0.338 e. The summed E-state index contributed by atoms with van der Waals surface area (Å²) in [7, 11) is 1.21. The van der Waals surface area contributed by atoms with Gasteiger partial charge in [-0.25, -0.2) is 9.18 Å². The first kappa shape index (κ1) is 17.3. The topological polar surface area (TPSA) is 61.8 Å².